The zero-order chi connectivity index (χ0) is 19.3. The number of pyridine rings is 1. The van der Waals surface area contributed by atoms with Crippen LogP contribution in [0.15, 0.2) is 60.9 Å². The SMILES string of the molecule is Cl.O=C(NC(c1cccc(F)c1)c1ccccn1)c1ccn(C2CCCNC2)n1. The molecule has 6 nitrogen and oxygen atoms in total. The highest BCUT2D eigenvalue weighted by molar-refractivity contribution is 5.92. The number of piperidine rings is 1. The molecule has 0 spiro atoms. The Balaban J connectivity index is 0.00000240. The van der Waals surface area contributed by atoms with E-state index in [-0.39, 0.29) is 30.2 Å². The molecule has 0 bridgehead atoms. The summed E-state index contributed by atoms with van der Waals surface area (Å²) in [6.45, 7) is 1.87. The van der Waals surface area contributed by atoms with Gasteiger partial charge in [0.1, 0.15) is 11.5 Å². The molecule has 3 heterocycles. The predicted molar refractivity (Wildman–Crippen MR) is 111 cm³/mol. The fourth-order valence-corrected chi connectivity index (χ4v) is 3.49. The van der Waals surface area contributed by atoms with E-state index in [0.29, 0.717) is 17.0 Å². The van der Waals surface area contributed by atoms with Gasteiger partial charge in [-0.25, -0.2) is 4.39 Å². The van der Waals surface area contributed by atoms with Crippen LogP contribution in [0.4, 0.5) is 4.39 Å². The lowest BCUT2D eigenvalue weighted by Gasteiger charge is -2.23. The topological polar surface area (TPSA) is 71.8 Å². The molecule has 152 valence electrons. The van der Waals surface area contributed by atoms with E-state index in [9.17, 15) is 9.18 Å². The van der Waals surface area contributed by atoms with Crippen LogP contribution in [0.25, 0.3) is 0 Å². The van der Waals surface area contributed by atoms with Crippen molar-refractivity contribution in [3.05, 3.63) is 83.7 Å². The first kappa shape index (κ1) is 21.0. The van der Waals surface area contributed by atoms with Crippen molar-refractivity contribution >= 4 is 18.3 Å². The maximum atomic E-state index is 13.8. The van der Waals surface area contributed by atoms with Crippen molar-refractivity contribution in [1.82, 2.24) is 25.4 Å². The molecule has 0 saturated carbocycles. The first-order chi connectivity index (χ1) is 13.7. The second-order valence-corrected chi connectivity index (χ2v) is 6.90. The molecule has 1 aliphatic heterocycles. The summed E-state index contributed by atoms with van der Waals surface area (Å²) in [5.41, 5.74) is 1.60. The van der Waals surface area contributed by atoms with Crippen molar-refractivity contribution in [3.63, 3.8) is 0 Å². The molecule has 2 unspecified atom stereocenters. The fourth-order valence-electron chi connectivity index (χ4n) is 3.49. The average Bonchev–Trinajstić information content (AvgIpc) is 3.24. The van der Waals surface area contributed by atoms with Crippen LogP contribution in [0.5, 0.6) is 0 Å². The fraction of sp³-hybridized carbons (Fsp3) is 0.286. The van der Waals surface area contributed by atoms with Crippen molar-refractivity contribution < 1.29 is 9.18 Å². The molecule has 4 rings (SSSR count). The van der Waals surface area contributed by atoms with Crippen molar-refractivity contribution in [3.8, 4) is 0 Å². The van der Waals surface area contributed by atoms with Gasteiger partial charge in [0, 0.05) is 18.9 Å². The van der Waals surface area contributed by atoms with Crippen LogP contribution in [-0.4, -0.2) is 33.8 Å². The maximum absolute atomic E-state index is 13.8. The third-order valence-electron chi connectivity index (χ3n) is 4.93. The predicted octanol–water partition coefficient (Wildman–Crippen LogP) is 3.28. The van der Waals surface area contributed by atoms with Crippen LogP contribution in [-0.2, 0) is 0 Å². The van der Waals surface area contributed by atoms with E-state index in [1.807, 2.05) is 23.0 Å². The number of nitrogens with zero attached hydrogens (tertiary/aromatic N) is 3. The highest BCUT2D eigenvalue weighted by atomic mass is 35.5. The molecule has 29 heavy (non-hydrogen) atoms. The van der Waals surface area contributed by atoms with E-state index in [4.69, 9.17) is 0 Å². The molecule has 8 heteroatoms. The average molecular weight is 416 g/mol. The molecule has 0 radical (unpaired) electrons. The van der Waals surface area contributed by atoms with E-state index in [1.165, 1.54) is 12.1 Å². The van der Waals surface area contributed by atoms with Gasteiger partial charge < -0.3 is 10.6 Å². The van der Waals surface area contributed by atoms with E-state index in [1.54, 1.807) is 30.5 Å². The largest absolute Gasteiger partial charge is 0.338 e. The number of carbonyl (C=O) groups excluding carboxylic acids is 1. The van der Waals surface area contributed by atoms with Crippen molar-refractivity contribution in [2.24, 2.45) is 0 Å². The van der Waals surface area contributed by atoms with Gasteiger partial charge in [0.15, 0.2) is 0 Å². The van der Waals surface area contributed by atoms with Crippen LogP contribution in [0.2, 0.25) is 0 Å². The Hall–Kier alpha value is -2.77. The Kier molecular flexibility index (Phi) is 6.95. The maximum Gasteiger partial charge on any atom is 0.272 e. The number of hydrogen-bond donors (Lipinski definition) is 2. The summed E-state index contributed by atoms with van der Waals surface area (Å²) in [5.74, 6) is -0.677. The van der Waals surface area contributed by atoms with Crippen LogP contribution >= 0.6 is 12.4 Å². The lowest BCUT2D eigenvalue weighted by molar-refractivity contribution is 0.0935. The molecule has 2 N–H and O–H groups in total. The van der Waals surface area contributed by atoms with E-state index < -0.39 is 6.04 Å². The molecule has 0 aliphatic carbocycles. The molecular weight excluding hydrogens is 393 g/mol. The Bertz CT molecular complexity index is 943. The van der Waals surface area contributed by atoms with E-state index >= 15 is 0 Å². The molecular formula is C21H23ClFN5O. The third-order valence-corrected chi connectivity index (χ3v) is 4.93. The molecule has 2 atom stereocenters. The zero-order valence-corrected chi connectivity index (χ0v) is 16.6. The Morgan fingerprint density at radius 2 is 2.14 bits per heavy atom. The number of nitrogens with one attached hydrogen (secondary N) is 2. The number of benzene rings is 1. The summed E-state index contributed by atoms with van der Waals surface area (Å²) in [7, 11) is 0. The summed E-state index contributed by atoms with van der Waals surface area (Å²) < 4.78 is 15.6. The molecule has 1 aliphatic rings. The minimum absolute atomic E-state index is 0. The van der Waals surface area contributed by atoms with E-state index in [0.717, 1.165) is 25.9 Å². The Morgan fingerprint density at radius 3 is 2.86 bits per heavy atom. The lowest BCUT2D eigenvalue weighted by atomic mass is 10.0. The van der Waals surface area contributed by atoms with Gasteiger partial charge in [0.05, 0.1) is 17.8 Å². The summed E-state index contributed by atoms with van der Waals surface area (Å²) in [4.78, 5) is 17.2. The third kappa shape index (κ3) is 4.99. The van der Waals surface area contributed by atoms with Gasteiger partial charge in [-0.2, -0.15) is 5.10 Å². The molecule has 1 saturated heterocycles. The van der Waals surface area contributed by atoms with E-state index in [2.05, 4.69) is 20.7 Å². The monoisotopic (exact) mass is 415 g/mol. The Labute approximate surface area is 175 Å². The van der Waals surface area contributed by atoms with Crippen LogP contribution in [0.1, 0.15) is 46.7 Å². The van der Waals surface area contributed by atoms with Gasteiger partial charge in [0.25, 0.3) is 5.91 Å². The van der Waals surface area contributed by atoms with Crippen molar-refractivity contribution in [2.75, 3.05) is 13.1 Å². The van der Waals surface area contributed by atoms with Gasteiger partial charge >= 0.3 is 0 Å². The van der Waals surface area contributed by atoms with Crippen LogP contribution in [0.3, 0.4) is 0 Å². The second-order valence-electron chi connectivity index (χ2n) is 6.90. The number of halogens is 2. The Morgan fingerprint density at radius 1 is 1.24 bits per heavy atom. The number of amides is 1. The number of carbonyl (C=O) groups is 1. The van der Waals surface area contributed by atoms with Crippen molar-refractivity contribution in [1.29, 1.82) is 0 Å². The highest BCUT2D eigenvalue weighted by Crippen LogP contribution is 2.22. The van der Waals surface area contributed by atoms with Crippen molar-refractivity contribution in [2.45, 2.75) is 24.9 Å². The molecule has 3 aromatic rings. The summed E-state index contributed by atoms with van der Waals surface area (Å²) in [6.07, 6.45) is 5.62. The van der Waals surface area contributed by atoms with Gasteiger partial charge in [-0.3, -0.25) is 14.5 Å². The van der Waals surface area contributed by atoms with Gasteiger partial charge in [0.2, 0.25) is 0 Å². The zero-order valence-electron chi connectivity index (χ0n) is 15.8. The first-order valence-corrected chi connectivity index (χ1v) is 9.44. The molecule has 2 aromatic heterocycles. The number of rotatable bonds is 5. The van der Waals surface area contributed by atoms with Gasteiger partial charge in [-0.15, -0.1) is 12.4 Å². The number of aromatic nitrogens is 3. The summed E-state index contributed by atoms with van der Waals surface area (Å²) in [6, 6.07) is 13.0. The minimum Gasteiger partial charge on any atom is -0.338 e. The molecule has 1 amide bonds. The summed E-state index contributed by atoms with van der Waals surface area (Å²) in [5, 5.41) is 10.8. The normalized spacial score (nSPS) is 17.2. The molecule has 1 fully saturated rings. The summed E-state index contributed by atoms with van der Waals surface area (Å²) >= 11 is 0. The highest BCUT2D eigenvalue weighted by Gasteiger charge is 2.22. The van der Waals surface area contributed by atoms with Crippen LogP contribution in [0, 0.1) is 5.82 Å². The van der Waals surface area contributed by atoms with Gasteiger partial charge in [-0.05, 0) is 55.3 Å². The van der Waals surface area contributed by atoms with Crippen LogP contribution < -0.4 is 10.6 Å². The first-order valence-electron chi connectivity index (χ1n) is 9.44. The smallest absolute Gasteiger partial charge is 0.272 e. The quantitative estimate of drug-likeness (QED) is 0.670. The second kappa shape index (κ2) is 9.62. The lowest BCUT2D eigenvalue weighted by Crippen LogP contribution is -2.33. The van der Waals surface area contributed by atoms with Gasteiger partial charge in [-0.1, -0.05) is 18.2 Å². The number of hydrogen-bond acceptors (Lipinski definition) is 4. The molecule has 1 aromatic carbocycles. The standard InChI is InChI=1S/C21H22FN5O.ClH/c22-16-6-3-5-15(13-16)20(18-8-1-2-11-24-18)25-21(28)19-9-12-27(26-19)17-7-4-10-23-14-17;/h1-3,5-6,8-9,11-13,17,20,23H,4,7,10,14H2,(H,25,28);1H. The minimum atomic E-state index is -0.564.